The zero-order chi connectivity index (χ0) is 22.0. The molecular weight excluding hydrogens is 411 g/mol. The predicted octanol–water partition coefficient (Wildman–Crippen LogP) is 4.48. The van der Waals surface area contributed by atoms with Gasteiger partial charge in [0.05, 0.1) is 16.8 Å². The number of pyridine rings is 1. The maximum Gasteiger partial charge on any atom is 0.416 e. The Labute approximate surface area is 174 Å². The summed E-state index contributed by atoms with van der Waals surface area (Å²) in [5, 5.41) is 9.13. The van der Waals surface area contributed by atoms with Crippen LogP contribution in [0.2, 0.25) is 0 Å². The zero-order valence-electron chi connectivity index (χ0n) is 15.9. The number of carbonyl (C=O) groups is 1. The van der Waals surface area contributed by atoms with Gasteiger partial charge in [0, 0.05) is 29.9 Å². The smallest absolute Gasteiger partial charge is 0.416 e. The Kier molecular flexibility index (Phi) is 5.30. The van der Waals surface area contributed by atoms with Crippen molar-refractivity contribution >= 4 is 22.5 Å². The number of H-pyrrole nitrogens is 1. The van der Waals surface area contributed by atoms with Crippen LogP contribution < -0.4 is 15.8 Å². The van der Waals surface area contributed by atoms with Gasteiger partial charge in [-0.3, -0.25) is 14.9 Å². The molecule has 2 aromatic carbocycles. The highest BCUT2D eigenvalue weighted by Crippen LogP contribution is 2.32. The lowest BCUT2D eigenvalue weighted by Gasteiger charge is -2.09. The molecule has 0 saturated carbocycles. The molecular formula is C21H16F3N5O2. The minimum atomic E-state index is -4.52. The maximum atomic E-state index is 13.0. The summed E-state index contributed by atoms with van der Waals surface area (Å²) < 4.78 is 44.7. The number of amides is 1. The van der Waals surface area contributed by atoms with Crippen molar-refractivity contribution in [3.05, 3.63) is 77.7 Å². The molecule has 2 heterocycles. The highest BCUT2D eigenvalue weighted by atomic mass is 19.4. The molecule has 0 unspecified atom stereocenters. The van der Waals surface area contributed by atoms with E-state index in [2.05, 4.69) is 20.5 Å². The molecule has 158 valence electrons. The molecule has 0 fully saturated rings. The van der Waals surface area contributed by atoms with Gasteiger partial charge in [-0.1, -0.05) is 0 Å². The highest BCUT2D eigenvalue weighted by molar-refractivity contribution is 6.11. The summed E-state index contributed by atoms with van der Waals surface area (Å²) in [7, 11) is 0. The first-order valence-corrected chi connectivity index (χ1v) is 9.13. The van der Waals surface area contributed by atoms with Gasteiger partial charge in [0.25, 0.3) is 5.91 Å². The lowest BCUT2D eigenvalue weighted by atomic mass is 10.1. The van der Waals surface area contributed by atoms with E-state index in [4.69, 9.17) is 10.5 Å². The van der Waals surface area contributed by atoms with Crippen molar-refractivity contribution in [1.82, 2.24) is 15.2 Å². The van der Waals surface area contributed by atoms with Crippen LogP contribution in [0.3, 0.4) is 0 Å². The normalized spacial score (nSPS) is 11.5. The second-order valence-electron chi connectivity index (χ2n) is 6.60. The SMILES string of the molecule is NCc1cc(Oc2ccc(NC(=O)c3n[nH]c4ccc(C(F)(F)F)cc34)cc2)ccn1. The summed E-state index contributed by atoms with van der Waals surface area (Å²) in [6, 6.07) is 13.0. The number of halogens is 3. The molecule has 7 nitrogen and oxygen atoms in total. The molecule has 0 spiro atoms. The number of aromatic nitrogens is 3. The third-order valence-electron chi connectivity index (χ3n) is 4.45. The number of nitrogens with one attached hydrogen (secondary N) is 2. The van der Waals surface area contributed by atoms with Gasteiger partial charge in [-0.05, 0) is 48.5 Å². The van der Waals surface area contributed by atoms with E-state index in [9.17, 15) is 18.0 Å². The second kappa shape index (κ2) is 8.07. The molecule has 0 saturated heterocycles. The van der Waals surface area contributed by atoms with Gasteiger partial charge in [0.1, 0.15) is 11.5 Å². The van der Waals surface area contributed by atoms with E-state index in [1.807, 2.05) is 0 Å². The minimum absolute atomic E-state index is 0.0840. The number of ether oxygens (including phenoxy) is 1. The molecule has 0 radical (unpaired) electrons. The number of fused-ring (bicyclic) bond motifs is 1. The molecule has 31 heavy (non-hydrogen) atoms. The molecule has 2 aromatic heterocycles. The summed E-state index contributed by atoms with van der Waals surface area (Å²) in [5.41, 5.74) is 6.01. The Bertz CT molecular complexity index is 1240. The van der Waals surface area contributed by atoms with Crippen molar-refractivity contribution in [2.75, 3.05) is 5.32 Å². The van der Waals surface area contributed by atoms with E-state index in [0.717, 1.165) is 12.1 Å². The molecule has 0 aliphatic carbocycles. The fraction of sp³-hybridized carbons (Fsp3) is 0.0952. The lowest BCUT2D eigenvalue weighted by molar-refractivity contribution is -0.137. The summed E-state index contributed by atoms with van der Waals surface area (Å²) in [6.45, 7) is 0.286. The van der Waals surface area contributed by atoms with Gasteiger partial charge in [0.2, 0.25) is 0 Å². The van der Waals surface area contributed by atoms with E-state index in [0.29, 0.717) is 28.4 Å². The number of anilines is 1. The fourth-order valence-corrected chi connectivity index (χ4v) is 2.93. The van der Waals surface area contributed by atoms with Gasteiger partial charge < -0.3 is 15.8 Å². The van der Waals surface area contributed by atoms with Gasteiger partial charge in [-0.2, -0.15) is 18.3 Å². The van der Waals surface area contributed by atoms with Crippen molar-refractivity contribution in [2.24, 2.45) is 5.73 Å². The molecule has 0 bridgehead atoms. The minimum Gasteiger partial charge on any atom is -0.457 e. The Morgan fingerprint density at radius 1 is 1.06 bits per heavy atom. The molecule has 4 N–H and O–H groups in total. The second-order valence-corrected chi connectivity index (χ2v) is 6.60. The Morgan fingerprint density at radius 3 is 2.55 bits per heavy atom. The van der Waals surface area contributed by atoms with E-state index < -0.39 is 17.6 Å². The number of alkyl halides is 3. The topological polar surface area (TPSA) is 106 Å². The van der Waals surface area contributed by atoms with Crippen molar-refractivity contribution in [3.63, 3.8) is 0 Å². The van der Waals surface area contributed by atoms with Crippen molar-refractivity contribution in [2.45, 2.75) is 12.7 Å². The molecule has 0 aliphatic heterocycles. The van der Waals surface area contributed by atoms with Crippen LogP contribution in [0.1, 0.15) is 21.7 Å². The third kappa shape index (κ3) is 4.48. The summed E-state index contributed by atoms with van der Waals surface area (Å²) in [4.78, 5) is 16.7. The summed E-state index contributed by atoms with van der Waals surface area (Å²) >= 11 is 0. The van der Waals surface area contributed by atoms with Crippen LogP contribution in [0.5, 0.6) is 11.5 Å². The molecule has 1 amide bonds. The van der Waals surface area contributed by atoms with Gasteiger partial charge in [-0.15, -0.1) is 0 Å². The number of hydrogen-bond acceptors (Lipinski definition) is 5. The summed E-state index contributed by atoms with van der Waals surface area (Å²) in [5.74, 6) is 0.448. The first-order valence-electron chi connectivity index (χ1n) is 9.13. The van der Waals surface area contributed by atoms with Crippen molar-refractivity contribution in [3.8, 4) is 11.5 Å². The van der Waals surface area contributed by atoms with Crippen LogP contribution >= 0.6 is 0 Å². The standard InChI is InChI=1S/C21H16F3N5O2/c22-21(23,24)12-1-6-18-17(9-12)19(29-28-18)20(30)27-13-2-4-15(5-3-13)31-16-7-8-26-14(10-16)11-25/h1-10H,11,25H2,(H,27,30)(H,28,29). The molecule has 0 atom stereocenters. The molecule has 4 aromatic rings. The van der Waals surface area contributed by atoms with Crippen molar-refractivity contribution < 1.29 is 22.7 Å². The number of hydrogen-bond donors (Lipinski definition) is 3. The Balaban J connectivity index is 1.50. The van der Waals surface area contributed by atoms with Crippen molar-refractivity contribution in [1.29, 1.82) is 0 Å². The number of rotatable bonds is 5. The molecule has 0 aliphatic rings. The Morgan fingerprint density at radius 2 is 1.84 bits per heavy atom. The number of benzene rings is 2. The summed E-state index contributed by atoms with van der Waals surface area (Å²) in [6.07, 6.45) is -2.93. The van der Waals surface area contributed by atoms with Crippen LogP contribution in [-0.4, -0.2) is 21.1 Å². The quantitative estimate of drug-likeness (QED) is 0.436. The zero-order valence-corrected chi connectivity index (χ0v) is 15.9. The highest BCUT2D eigenvalue weighted by Gasteiger charge is 2.31. The van der Waals surface area contributed by atoms with Crippen LogP contribution in [-0.2, 0) is 12.7 Å². The predicted molar refractivity (Wildman–Crippen MR) is 108 cm³/mol. The maximum absolute atomic E-state index is 13.0. The number of aromatic amines is 1. The lowest BCUT2D eigenvalue weighted by Crippen LogP contribution is -2.13. The van der Waals surface area contributed by atoms with Crippen LogP contribution in [0.4, 0.5) is 18.9 Å². The largest absolute Gasteiger partial charge is 0.457 e. The third-order valence-corrected chi connectivity index (χ3v) is 4.45. The van der Waals surface area contributed by atoms with Crippen LogP contribution in [0.25, 0.3) is 10.9 Å². The van der Waals surface area contributed by atoms with E-state index in [1.165, 1.54) is 6.07 Å². The van der Waals surface area contributed by atoms with Gasteiger partial charge >= 0.3 is 6.18 Å². The first kappa shape index (κ1) is 20.4. The van der Waals surface area contributed by atoms with Crippen LogP contribution in [0, 0.1) is 0 Å². The molecule has 10 heteroatoms. The number of nitrogens with two attached hydrogens (primary N) is 1. The average molecular weight is 427 g/mol. The first-order chi connectivity index (χ1) is 14.8. The number of nitrogens with zero attached hydrogens (tertiary/aromatic N) is 2. The Hall–Kier alpha value is -3.92. The fourth-order valence-electron chi connectivity index (χ4n) is 2.93. The monoisotopic (exact) mass is 427 g/mol. The molecule has 4 rings (SSSR count). The van der Waals surface area contributed by atoms with E-state index >= 15 is 0 Å². The van der Waals surface area contributed by atoms with Crippen LogP contribution in [0.15, 0.2) is 60.8 Å². The van der Waals surface area contributed by atoms with E-state index in [-0.39, 0.29) is 17.6 Å². The van der Waals surface area contributed by atoms with E-state index in [1.54, 1.807) is 42.6 Å². The average Bonchev–Trinajstić information content (AvgIpc) is 3.18. The van der Waals surface area contributed by atoms with Gasteiger partial charge in [-0.25, -0.2) is 0 Å². The van der Waals surface area contributed by atoms with Gasteiger partial charge in [0.15, 0.2) is 5.69 Å². The number of carbonyl (C=O) groups excluding carboxylic acids is 1.